The lowest BCUT2D eigenvalue weighted by atomic mass is 10.1. The molecule has 0 amide bonds. The number of ether oxygens (including phenoxy) is 2. The van der Waals surface area contributed by atoms with Gasteiger partial charge in [0, 0.05) is 4.47 Å². The third-order valence-electron chi connectivity index (χ3n) is 2.73. The molecule has 2 aromatic rings. The van der Waals surface area contributed by atoms with Crippen LogP contribution < -0.4 is 9.47 Å². The Morgan fingerprint density at radius 3 is 2.55 bits per heavy atom. The smallest absolute Gasteiger partial charge is 0.349 e. The van der Waals surface area contributed by atoms with E-state index in [1.54, 1.807) is 42.5 Å². The summed E-state index contributed by atoms with van der Waals surface area (Å²) in [5, 5.41) is 0.381. The highest BCUT2D eigenvalue weighted by Crippen LogP contribution is 2.27. The number of hydrogen-bond donors (Lipinski definition) is 0. The van der Waals surface area contributed by atoms with Gasteiger partial charge in [-0.1, -0.05) is 39.7 Å². The zero-order valence-corrected chi connectivity index (χ0v) is 14.0. The van der Waals surface area contributed by atoms with Crippen molar-refractivity contribution in [1.29, 1.82) is 0 Å². The summed E-state index contributed by atoms with van der Waals surface area (Å²) in [6, 6.07) is 11.6. The first-order chi connectivity index (χ1) is 10.5. The third kappa shape index (κ3) is 4.32. The van der Waals surface area contributed by atoms with Gasteiger partial charge < -0.3 is 9.47 Å². The van der Waals surface area contributed by atoms with E-state index >= 15 is 0 Å². The number of carbonyl (C=O) groups excluding carboxylic acids is 2. The van der Waals surface area contributed by atoms with Gasteiger partial charge in [0.05, 0.1) is 10.6 Å². The van der Waals surface area contributed by atoms with Gasteiger partial charge in [-0.25, -0.2) is 4.79 Å². The van der Waals surface area contributed by atoms with Crippen molar-refractivity contribution in [1.82, 2.24) is 0 Å². The minimum absolute atomic E-state index is 0.180. The summed E-state index contributed by atoms with van der Waals surface area (Å²) in [6.45, 7) is 1.10. The normalized spacial score (nSPS) is 10.1. The SMILES string of the molecule is CC(=O)c1ccccc1OC(=O)COc1ccc(Br)cc1Cl. The topological polar surface area (TPSA) is 52.6 Å². The summed E-state index contributed by atoms with van der Waals surface area (Å²) < 4.78 is 11.3. The van der Waals surface area contributed by atoms with Crippen LogP contribution in [0.1, 0.15) is 17.3 Å². The molecule has 0 saturated carbocycles. The van der Waals surface area contributed by atoms with Crippen molar-refractivity contribution in [3.05, 3.63) is 57.5 Å². The Bertz CT molecular complexity index is 715. The Labute approximate surface area is 141 Å². The maximum atomic E-state index is 11.8. The molecule has 0 heterocycles. The molecule has 0 aliphatic carbocycles. The van der Waals surface area contributed by atoms with Gasteiger partial charge in [0.2, 0.25) is 0 Å². The number of carbonyl (C=O) groups is 2. The van der Waals surface area contributed by atoms with Crippen LogP contribution in [0.3, 0.4) is 0 Å². The zero-order chi connectivity index (χ0) is 16.1. The first kappa shape index (κ1) is 16.5. The van der Waals surface area contributed by atoms with Crippen LogP contribution in [0.5, 0.6) is 11.5 Å². The van der Waals surface area contributed by atoms with Gasteiger partial charge in [-0.15, -0.1) is 0 Å². The molecule has 0 spiro atoms. The highest BCUT2D eigenvalue weighted by molar-refractivity contribution is 9.10. The average Bonchev–Trinajstić information content (AvgIpc) is 2.46. The van der Waals surface area contributed by atoms with E-state index in [9.17, 15) is 9.59 Å². The molecule has 0 fully saturated rings. The Balaban J connectivity index is 2.00. The van der Waals surface area contributed by atoms with Crippen molar-refractivity contribution in [2.45, 2.75) is 6.92 Å². The molecule has 0 saturated heterocycles. The molecule has 114 valence electrons. The number of rotatable bonds is 5. The molecule has 0 radical (unpaired) electrons. The van der Waals surface area contributed by atoms with Crippen LogP contribution in [-0.2, 0) is 4.79 Å². The number of para-hydroxylation sites is 1. The Morgan fingerprint density at radius 2 is 1.86 bits per heavy atom. The number of halogens is 2. The van der Waals surface area contributed by atoms with E-state index in [2.05, 4.69) is 15.9 Å². The third-order valence-corrected chi connectivity index (χ3v) is 3.52. The lowest BCUT2D eigenvalue weighted by Gasteiger charge is -2.10. The Morgan fingerprint density at radius 1 is 1.14 bits per heavy atom. The van der Waals surface area contributed by atoms with Crippen LogP contribution in [0.25, 0.3) is 0 Å². The summed E-state index contributed by atoms with van der Waals surface area (Å²) in [6.07, 6.45) is 0. The molecule has 0 unspecified atom stereocenters. The van der Waals surface area contributed by atoms with Crippen molar-refractivity contribution < 1.29 is 19.1 Å². The molecular formula is C16H12BrClO4. The highest BCUT2D eigenvalue weighted by atomic mass is 79.9. The quantitative estimate of drug-likeness (QED) is 0.439. The van der Waals surface area contributed by atoms with Crippen LogP contribution in [0.2, 0.25) is 5.02 Å². The van der Waals surface area contributed by atoms with Crippen LogP contribution in [0, 0.1) is 0 Å². The fourth-order valence-electron chi connectivity index (χ4n) is 1.73. The van der Waals surface area contributed by atoms with Crippen molar-refractivity contribution in [2.75, 3.05) is 6.61 Å². The maximum absolute atomic E-state index is 11.8. The van der Waals surface area contributed by atoms with Crippen LogP contribution in [0.15, 0.2) is 46.9 Å². The summed E-state index contributed by atoms with van der Waals surface area (Å²) in [5.74, 6) is -0.208. The van der Waals surface area contributed by atoms with Gasteiger partial charge in [-0.05, 0) is 37.3 Å². The molecule has 2 aromatic carbocycles. The van der Waals surface area contributed by atoms with Crippen molar-refractivity contribution in [3.63, 3.8) is 0 Å². The molecule has 0 aliphatic rings. The Hall–Kier alpha value is -1.85. The number of hydrogen-bond acceptors (Lipinski definition) is 4. The molecule has 0 aromatic heterocycles. The lowest BCUT2D eigenvalue weighted by Crippen LogP contribution is -2.18. The van der Waals surface area contributed by atoms with Gasteiger partial charge in [0.1, 0.15) is 11.5 Å². The lowest BCUT2D eigenvalue weighted by molar-refractivity contribution is -0.136. The van der Waals surface area contributed by atoms with Crippen molar-refractivity contribution >= 4 is 39.3 Å². The summed E-state index contributed by atoms with van der Waals surface area (Å²) >= 11 is 9.27. The summed E-state index contributed by atoms with van der Waals surface area (Å²) in [4.78, 5) is 23.3. The van der Waals surface area contributed by atoms with E-state index in [-0.39, 0.29) is 18.1 Å². The largest absolute Gasteiger partial charge is 0.480 e. The van der Waals surface area contributed by atoms with Crippen molar-refractivity contribution in [3.8, 4) is 11.5 Å². The van der Waals surface area contributed by atoms with E-state index in [0.29, 0.717) is 16.3 Å². The monoisotopic (exact) mass is 382 g/mol. The van der Waals surface area contributed by atoms with E-state index in [4.69, 9.17) is 21.1 Å². The van der Waals surface area contributed by atoms with Gasteiger partial charge >= 0.3 is 5.97 Å². The van der Waals surface area contributed by atoms with E-state index in [1.807, 2.05) is 0 Å². The number of esters is 1. The minimum Gasteiger partial charge on any atom is -0.480 e. The molecule has 4 nitrogen and oxygen atoms in total. The fourth-order valence-corrected chi connectivity index (χ4v) is 2.46. The standard InChI is InChI=1S/C16H12BrClO4/c1-10(19)12-4-2-3-5-14(12)22-16(20)9-21-15-7-6-11(17)8-13(15)18/h2-8H,9H2,1H3. The van der Waals surface area contributed by atoms with E-state index < -0.39 is 5.97 Å². The van der Waals surface area contributed by atoms with Crippen LogP contribution >= 0.6 is 27.5 Å². The maximum Gasteiger partial charge on any atom is 0.349 e. The molecule has 22 heavy (non-hydrogen) atoms. The van der Waals surface area contributed by atoms with E-state index in [1.165, 1.54) is 6.92 Å². The van der Waals surface area contributed by atoms with Gasteiger partial charge in [-0.2, -0.15) is 0 Å². The number of ketones is 1. The fraction of sp³-hybridized carbons (Fsp3) is 0.125. The molecule has 2 rings (SSSR count). The molecule has 0 atom stereocenters. The van der Waals surface area contributed by atoms with Crippen LogP contribution in [0.4, 0.5) is 0 Å². The highest BCUT2D eigenvalue weighted by Gasteiger charge is 2.13. The minimum atomic E-state index is -0.618. The Kier molecular flexibility index (Phi) is 5.57. The molecule has 0 N–H and O–H groups in total. The zero-order valence-electron chi connectivity index (χ0n) is 11.6. The summed E-state index contributed by atoms with van der Waals surface area (Å²) in [5.41, 5.74) is 0.345. The molecular weight excluding hydrogens is 372 g/mol. The second-order valence-electron chi connectivity index (χ2n) is 4.39. The van der Waals surface area contributed by atoms with E-state index in [0.717, 1.165) is 4.47 Å². The van der Waals surface area contributed by atoms with Gasteiger partial charge in [-0.3, -0.25) is 4.79 Å². The predicted molar refractivity (Wildman–Crippen MR) is 86.7 cm³/mol. The number of benzene rings is 2. The first-order valence-electron chi connectivity index (χ1n) is 6.36. The van der Waals surface area contributed by atoms with Gasteiger partial charge in [0.25, 0.3) is 0 Å². The van der Waals surface area contributed by atoms with Crippen LogP contribution in [-0.4, -0.2) is 18.4 Å². The van der Waals surface area contributed by atoms with Crippen molar-refractivity contribution in [2.24, 2.45) is 0 Å². The molecule has 0 bridgehead atoms. The molecule has 0 aliphatic heterocycles. The number of Topliss-reactive ketones (excluding diaryl/α,β-unsaturated/α-hetero) is 1. The van der Waals surface area contributed by atoms with Gasteiger partial charge in [0.15, 0.2) is 12.4 Å². The predicted octanol–water partition coefficient (Wildman–Crippen LogP) is 4.29. The average molecular weight is 384 g/mol. The first-order valence-corrected chi connectivity index (χ1v) is 7.53. The second kappa shape index (κ2) is 7.42. The molecule has 6 heteroatoms. The summed E-state index contributed by atoms with van der Waals surface area (Å²) in [7, 11) is 0. The second-order valence-corrected chi connectivity index (χ2v) is 5.71.